The van der Waals surface area contributed by atoms with Crippen molar-refractivity contribution >= 4 is 23.5 Å². The van der Waals surface area contributed by atoms with Crippen molar-refractivity contribution in [2.24, 2.45) is 0 Å². The zero-order valence-electron chi connectivity index (χ0n) is 11.2. The minimum atomic E-state index is -0.928. The SMILES string of the molecule is C[C@@H](OC(=O)c1ccc(Cl)nc1)C(=O)NCc1ccco1. The molecule has 1 amide bonds. The summed E-state index contributed by atoms with van der Waals surface area (Å²) in [6, 6.07) is 6.40. The first-order valence-corrected chi connectivity index (χ1v) is 6.56. The van der Waals surface area contributed by atoms with E-state index in [0.717, 1.165) is 0 Å². The molecule has 0 aliphatic carbocycles. The first kappa shape index (κ1) is 15.1. The van der Waals surface area contributed by atoms with Gasteiger partial charge in [0.25, 0.3) is 5.91 Å². The highest BCUT2D eigenvalue weighted by molar-refractivity contribution is 6.29. The Labute approximate surface area is 126 Å². The van der Waals surface area contributed by atoms with Gasteiger partial charge < -0.3 is 14.5 Å². The molecular formula is C14H13ClN2O4. The highest BCUT2D eigenvalue weighted by atomic mass is 35.5. The Bertz CT molecular complexity index is 610. The average molecular weight is 309 g/mol. The number of carbonyl (C=O) groups is 2. The predicted octanol–water partition coefficient (Wildman–Crippen LogP) is 2.19. The summed E-state index contributed by atoms with van der Waals surface area (Å²) in [4.78, 5) is 27.4. The van der Waals surface area contributed by atoms with E-state index in [4.69, 9.17) is 20.8 Å². The molecule has 0 saturated carbocycles. The van der Waals surface area contributed by atoms with E-state index in [-0.39, 0.29) is 17.3 Å². The second-order valence-corrected chi connectivity index (χ2v) is 4.60. The van der Waals surface area contributed by atoms with Crippen molar-refractivity contribution in [3.8, 4) is 0 Å². The van der Waals surface area contributed by atoms with E-state index in [2.05, 4.69) is 10.3 Å². The summed E-state index contributed by atoms with van der Waals surface area (Å²) < 4.78 is 10.1. The number of pyridine rings is 1. The molecule has 2 aromatic heterocycles. The monoisotopic (exact) mass is 308 g/mol. The Balaban J connectivity index is 1.85. The van der Waals surface area contributed by atoms with Gasteiger partial charge in [-0.1, -0.05) is 11.6 Å². The molecule has 0 fully saturated rings. The number of esters is 1. The molecule has 2 aromatic rings. The number of carbonyl (C=O) groups excluding carboxylic acids is 2. The van der Waals surface area contributed by atoms with Gasteiger partial charge in [-0.05, 0) is 31.2 Å². The Morgan fingerprint density at radius 2 is 2.24 bits per heavy atom. The number of hydrogen-bond acceptors (Lipinski definition) is 5. The van der Waals surface area contributed by atoms with Crippen LogP contribution in [0.4, 0.5) is 0 Å². The van der Waals surface area contributed by atoms with Crippen LogP contribution in [0, 0.1) is 0 Å². The van der Waals surface area contributed by atoms with E-state index in [1.165, 1.54) is 31.5 Å². The molecule has 110 valence electrons. The lowest BCUT2D eigenvalue weighted by Crippen LogP contribution is -2.35. The number of amides is 1. The number of aromatic nitrogens is 1. The summed E-state index contributed by atoms with van der Waals surface area (Å²) in [5.41, 5.74) is 0.227. The van der Waals surface area contributed by atoms with E-state index in [9.17, 15) is 9.59 Å². The van der Waals surface area contributed by atoms with Crippen molar-refractivity contribution in [3.63, 3.8) is 0 Å². The summed E-state index contributed by atoms with van der Waals surface area (Å²) in [6.45, 7) is 1.72. The second kappa shape index (κ2) is 6.90. The number of hydrogen-bond donors (Lipinski definition) is 1. The molecule has 0 unspecified atom stereocenters. The molecule has 7 heteroatoms. The molecule has 0 spiro atoms. The summed E-state index contributed by atoms with van der Waals surface area (Å²) in [5.74, 6) is -0.440. The maximum absolute atomic E-state index is 11.8. The molecule has 0 aliphatic heterocycles. The molecule has 0 aliphatic rings. The number of rotatable bonds is 5. The highest BCUT2D eigenvalue weighted by Gasteiger charge is 2.19. The number of halogens is 1. The van der Waals surface area contributed by atoms with Crippen molar-refractivity contribution < 1.29 is 18.7 Å². The van der Waals surface area contributed by atoms with Crippen LogP contribution in [0.15, 0.2) is 41.1 Å². The maximum Gasteiger partial charge on any atom is 0.340 e. The van der Waals surface area contributed by atoms with Crippen molar-refractivity contribution in [1.29, 1.82) is 0 Å². The Hall–Kier alpha value is -2.34. The van der Waals surface area contributed by atoms with Crippen LogP contribution in [0.1, 0.15) is 23.0 Å². The number of nitrogens with zero attached hydrogens (tertiary/aromatic N) is 1. The van der Waals surface area contributed by atoms with Crippen LogP contribution in [-0.4, -0.2) is 23.0 Å². The summed E-state index contributed by atoms with van der Waals surface area (Å²) in [7, 11) is 0. The Kier molecular flexibility index (Phi) is 4.94. The first-order valence-electron chi connectivity index (χ1n) is 6.19. The van der Waals surface area contributed by atoms with Gasteiger partial charge in [-0.2, -0.15) is 0 Å². The van der Waals surface area contributed by atoms with Crippen molar-refractivity contribution in [1.82, 2.24) is 10.3 Å². The molecule has 1 atom stereocenters. The van der Waals surface area contributed by atoms with Gasteiger partial charge in [0.15, 0.2) is 6.10 Å². The standard InChI is InChI=1S/C14H13ClN2O4/c1-9(13(18)17-8-11-3-2-6-20-11)21-14(19)10-4-5-12(15)16-7-10/h2-7,9H,8H2,1H3,(H,17,18)/t9-/m1/s1. The first-order chi connectivity index (χ1) is 10.1. The van der Waals surface area contributed by atoms with Crippen LogP contribution >= 0.6 is 11.6 Å². The van der Waals surface area contributed by atoms with E-state index in [0.29, 0.717) is 5.76 Å². The molecule has 6 nitrogen and oxygen atoms in total. The van der Waals surface area contributed by atoms with Gasteiger partial charge in [-0.15, -0.1) is 0 Å². The third kappa shape index (κ3) is 4.32. The quantitative estimate of drug-likeness (QED) is 0.676. The van der Waals surface area contributed by atoms with E-state index < -0.39 is 18.0 Å². The van der Waals surface area contributed by atoms with Gasteiger partial charge in [0.05, 0.1) is 18.4 Å². The van der Waals surface area contributed by atoms with Crippen LogP contribution in [0.5, 0.6) is 0 Å². The summed E-state index contributed by atoms with van der Waals surface area (Å²) >= 11 is 5.63. The van der Waals surface area contributed by atoms with Crippen LogP contribution in [0.3, 0.4) is 0 Å². The number of ether oxygens (including phenoxy) is 1. The second-order valence-electron chi connectivity index (χ2n) is 4.21. The highest BCUT2D eigenvalue weighted by Crippen LogP contribution is 2.08. The van der Waals surface area contributed by atoms with Crippen molar-refractivity contribution in [3.05, 3.63) is 53.2 Å². The van der Waals surface area contributed by atoms with E-state index in [1.807, 2.05) is 0 Å². The largest absolute Gasteiger partial charge is 0.467 e. The minimum absolute atomic E-state index is 0.227. The third-order valence-electron chi connectivity index (χ3n) is 2.63. The van der Waals surface area contributed by atoms with Crippen molar-refractivity contribution in [2.45, 2.75) is 19.6 Å². The molecule has 2 heterocycles. The number of furan rings is 1. The Morgan fingerprint density at radius 3 is 2.86 bits per heavy atom. The molecule has 0 aromatic carbocycles. The summed E-state index contributed by atoms with van der Waals surface area (Å²) in [6.07, 6.45) is 1.87. The molecular weight excluding hydrogens is 296 g/mol. The van der Waals surface area contributed by atoms with E-state index in [1.54, 1.807) is 12.1 Å². The van der Waals surface area contributed by atoms with Crippen LogP contribution in [-0.2, 0) is 16.1 Å². The van der Waals surface area contributed by atoms with Gasteiger partial charge in [0, 0.05) is 6.20 Å². The molecule has 21 heavy (non-hydrogen) atoms. The van der Waals surface area contributed by atoms with Crippen LogP contribution < -0.4 is 5.32 Å². The molecule has 0 bridgehead atoms. The molecule has 1 N–H and O–H groups in total. The molecule has 2 rings (SSSR count). The Morgan fingerprint density at radius 1 is 1.43 bits per heavy atom. The molecule has 0 radical (unpaired) electrons. The smallest absolute Gasteiger partial charge is 0.340 e. The zero-order chi connectivity index (χ0) is 15.2. The van der Waals surface area contributed by atoms with Crippen LogP contribution in [0.2, 0.25) is 5.15 Å². The minimum Gasteiger partial charge on any atom is -0.467 e. The predicted molar refractivity (Wildman–Crippen MR) is 74.7 cm³/mol. The lowest BCUT2D eigenvalue weighted by Gasteiger charge is -2.12. The average Bonchev–Trinajstić information content (AvgIpc) is 2.98. The normalized spacial score (nSPS) is 11.7. The van der Waals surface area contributed by atoms with Gasteiger partial charge >= 0.3 is 5.97 Å². The van der Waals surface area contributed by atoms with Gasteiger partial charge in [-0.25, -0.2) is 9.78 Å². The van der Waals surface area contributed by atoms with E-state index >= 15 is 0 Å². The fourth-order valence-corrected chi connectivity index (χ4v) is 1.62. The number of nitrogens with one attached hydrogen (secondary N) is 1. The zero-order valence-corrected chi connectivity index (χ0v) is 12.0. The van der Waals surface area contributed by atoms with Crippen LogP contribution in [0.25, 0.3) is 0 Å². The third-order valence-corrected chi connectivity index (χ3v) is 2.86. The van der Waals surface area contributed by atoms with Gasteiger partial charge in [-0.3, -0.25) is 4.79 Å². The fraction of sp³-hybridized carbons (Fsp3) is 0.214. The lowest BCUT2D eigenvalue weighted by atomic mass is 10.3. The van der Waals surface area contributed by atoms with Gasteiger partial charge in [0.1, 0.15) is 10.9 Å². The topological polar surface area (TPSA) is 81.4 Å². The van der Waals surface area contributed by atoms with Gasteiger partial charge in [0.2, 0.25) is 0 Å². The lowest BCUT2D eigenvalue weighted by molar-refractivity contribution is -0.129. The fourth-order valence-electron chi connectivity index (χ4n) is 1.51. The maximum atomic E-state index is 11.8. The summed E-state index contributed by atoms with van der Waals surface area (Å²) in [5, 5.41) is 2.88. The molecule has 0 saturated heterocycles. The van der Waals surface area contributed by atoms with Crippen molar-refractivity contribution in [2.75, 3.05) is 0 Å².